The molecule has 0 aliphatic heterocycles. The molecule has 0 saturated heterocycles. The summed E-state index contributed by atoms with van der Waals surface area (Å²) in [7, 11) is 1.36. The molecule has 3 nitrogen and oxygen atoms in total. The fourth-order valence-corrected chi connectivity index (χ4v) is 2.35. The van der Waals surface area contributed by atoms with Gasteiger partial charge in [-0.15, -0.1) is 0 Å². The van der Waals surface area contributed by atoms with Crippen LogP contribution in [0, 0.1) is 5.92 Å². The maximum Gasteiger partial charge on any atom is 0.0877 e. The van der Waals surface area contributed by atoms with E-state index in [1.54, 1.807) is 0 Å². The van der Waals surface area contributed by atoms with Crippen molar-refractivity contribution in [2.24, 2.45) is 5.92 Å². The molecule has 0 spiro atoms. The molecule has 1 aliphatic rings. The number of halogens is 1. The molecule has 0 aromatic carbocycles. The van der Waals surface area contributed by atoms with Gasteiger partial charge in [-0.05, 0) is 31.6 Å². The van der Waals surface area contributed by atoms with Crippen molar-refractivity contribution in [3.8, 4) is 0 Å². The summed E-state index contributed by atoms with van der Waals surface area (Å²) in [6.07, 6.45) is 3.30. The van der Waals surface area contributed by atoms with Gasteiger partial charge in [-0.25, -0.2) is 0 Å². The first-order chi connectivity index (χ1) is 6.20. The Hall–Kier alpha value is 0.960. The van der Waals surface area contributed by atoms with Gasteiger partial charge >= 0.3 is 0 Å². The van der Waals surface area contributed by atoms with E-state index in [0.29, 0.717) is 18.8 Å². The van der Waals surface area contributed by atoms with E-state index in [9.17, 15) is 5.11 Å². The molecule has 1 fully saturated rings. The quantitative estimate of drug-likeness (QED) is 0.614. The molecular weight excluding hydrogens is 303 g/mol. The summed E-state index contributed by atoms with van der Waals surface area (Å²) in [5, 5.41) is 18.7. The zero-order valence-corrected chi connectivity index (χ0v) is 10.4. The monoisotopic (exact) mass is 318 g/mol. The molecule has 0 aromatic heterocycles. The molecular formula is C8H15IO3S. The van der Waals surface area contributed by atoms with Crippen LogP contribution >= 0.6 is 30.4 Å². The first kappa shape index (κ1) is 12.0. The maximum absolute atomic E-state index is 9.73. The van der Waals surface area contributed by atoms with Crippen LogP contribution in [-0.2, 0) is 4.18 Å². The SMILES string of the molecule is OCC1(O)CCC(COSI)CC1. The molecule has 78 valence electrons. The summed E-state index contributed by atoms with van der Waals surface area (Å²) in [5.41, 5.74) is -0.812. The minimum atomic E-state index is -0.812. The predicted molar refractivity (Wildman–Crippen MR) is 61.6 cm³/mol. The third kappa shape index (κ3) is 3.91. The first-order valence-electron chi connectivity index (χ1n) is 4.43. The normalized spacial score (nSPS) is 34.8. The van der Waals surface area contributed by atoms with Gasteiger partial charge in [0, 0.05) is 21.2 Å². The molecule has 0 atom stereocenters. The summed E-state index contributed by atoms with van der Waals surface area (Å²) >= 11 is 2.10. The standard InChI is InChI=1S/C8H15IO3S/c9-13-12-5-7-1-3-8(11,6-10)4-2-7/h7,10-11H,1-6H2. The van der Waals surface area contributed by atoms with Gasteiger partial charge in [0.15, 0.2) is 0 Å². The van der Waals surface area contributed by atoms with E-state index in [1.807, 2.05) is 0 Å². The lowest BCUT2D eigenvalue weighted by Crippen LogP contribution is -2.38. The Balaban J connectivity index is 2.22. The predicted octanol–water partition coefficient (Wildman–Crippen LogP) is 1.91. The molecule has 2 N–H and O–H groups in total. The van der Waals surface area contributed by atoms with Crippen molar-refractivity contribution in [2.45, 2.75) is 31.3 Å². The Morgan fingerprint density at radius 1 is 1.46 bits per heavy atom. The van der Waals surface area contributed by atoms with Crippen molar-refractivity contribution < 1.29 is 14.4 Å². The molecule has 0 heterocycles. The highest BCUT2D eigenvalue weighted by Gasteiger charge is 2.32. The van der Waals surface area contributed by atoms with Gasteiger partial charge in [-0.3, -0.25) is 0 Å². The van der Waals surface area contributed by atoms with Gasteiger partial charge in [0.1, 0.15) is 0 Å². The minimum Gasteiger partial charge on any atom is -0.393 e. The van der Waals surface area contributed by atoms with Gasteiger partial charge in [0.2, 0.25) is 0 Å². The van der Waals surface area contributed by atoms with E-state index in [-0.39, 0.29) is 6.61 Å². The van der Waals surface area contributed by atoms with Crippen LogP contribution in [0.3, 0.4) is 0 Å². The highest BCUT2D eigenvalue weighted by atomic mass is 127. The molecule has 0 bridgehead atoms. The van der Waals surface area contributed by atoms with Crippen LogP contribution in [0.25, 0.3) is 0 Å². The van der Waals surface area contributed by atoms with Gasteiger partial charge in [-0.2, -0.15) is 0 Å². The summed E-state index contributed by atoms with van der Waals surface area (Å²) in [6, 6.07) is 0. The molecule has 0 unspecified atom stereocenters. The van der Waals surface area contributed by atoms with Crippen LogP contribution in [0.2, 0.25) is 0 Å². The Bertz CT molecular complexity index is 148. The van der Waals surface area contributed by atoms with Crippen molar-refractivity contribution in [1.29, 1.82) is 0 Å². The molecule has 1 rings (SSSR count). The molecule has 1 aliphatic carbocycles. The van der Waals surface area contributed by atoms with Gasteiger partial charge in [0.25, 0.3) is 0 Å². The summed E-state index contributed by atoms with van der Waals surface area (Å²) < 4.78 is 5.23. The lowest BCUT2D eigenvalue weighted by Gasteiger charge is -2.34. The van der Waals surface area contributed by atoms with Crippen molar-refractivity contribution >= 4 is 30.4 Å². The summed E-state index contributed by atoms with van der Waals surface area (Å²) in [6.45, 7) is 0.650. The average Bonchev–Trinajstić information content (AvgIpc) is 2.17. The number of aliphatic hydroxyl groups excluding tert-OH is 1. The van der Waals surface area contributed by atoms with Crippen LogP contribution in [0.15, 0.2) is 0 Å². The van der Waals surface area contributed by atoms with Crippen LogP contribution < -0.4 is 0 Å². The second-order valence-electron chi connectivity index (χ2n) is 3.67. The average molecular weight is 318 g/mol. The summed E-state index contributed by atoms with van der Waals surface area (Å²) in [5.74, 6) is 0.550. The molecule has 0 amide bonds. The van der Waals surface area contributed by atoms with Crippen LogP contribution in [-0.4, -0.2) is 29.0 Å². The van der Waals surface area contributed by atoms with E-state index >= 15 is 0 Å². The largest absolute Gasteiger partial charge is 0.393 e. The third-order valence-corrected chi connectivity index (χ3v) is 3.67. The fraction of sp³-hybridized carbons (Fsp3) is 1.00. The van der Waals surface area contributed by atoms with Crippen molar-refractivity contribution in [2.75, 3.05) is 13.2 Å². The van der Waals surface area contributed by atoms with Crippen LogP contribution in [0.4, 0.5) is 0 Å². The van der Waals surface area contributed by atoms with Gasteiger partial charge < -0.3 is 14.4 Å². The lowest BCUT2D eigenvalue weighted by atomic mass is 9.80. The molecule has 0 aromatic rings. The van der Waals surface area contributed by atoms with E-state index in [4.69, 9.17) is 9.29 Å². The van der Waals surface area contributed by atoms with Crippen LogP contribution in [0.5, 0.6) is 0 Å². The van der Waals surface area contributed by atoms with Crippen molar-refractivity contribution in [1.82, 2.24) is 0 Å². The molecule has 0 radical (unpaired) electrons. The fourth-order valence-electron chi connectivity index (χ4n) is 1.66. The number of rotatable bonds is 4. The zero-order chi connectivity index (χ0) is 9.73. The van der Waals surface area contributed by atoms with Crippen molar-refractivity contribution in [3.05, 3.63) is 0 Å². The van der Waals surface area contributed by atoms with E-state index in [0.717, 1.165) is 19.4 Å². The smallest absolute Gasteiger partial charge is 0.0877 e. The Kier molecular flexibility index (Phi) is 5.32. The Labute approximate surface area is 95.0 Å². The summed E-state index contributed by atoms with van der Waals surface area (Å²) in [4.78, 5) is 0. The maximum atomic E-state index is 9.73. The minimum absolute atomic E-state index is 0.110. The number of hydrogen-bond donors (Lipinski definition) is 2. The van der Waals surface area contributed by atoms with E-state index < -0.39 is 5.60 Å². The first-order valence-corrected chi connectivity index (χ1v) is 7.72. The lowest BCUT2D eigenvalue weighted by molar-refractivity contribution is -0.0544. The van der Waals surface area contributed by atoms with Gasteiger partial charge in [0.05, 0.1) is 28.0 Å². The molecule has 13 heavy (non-hydrogen) atoms. The van der Waals surface area contributed by atoms with E-state index in [2.05, 4.69) is 21.2 Å². The zero-order valence-electron chi connectivity index (χ0n) is 7.41. The Morgan fingerprint density at radius 2 is 2.08 bits per heavy atom. The number of aliphatic hydroxyl groups is 2. The van der Waals surface area contributed by atoms with Crippen LogP contribution in [0.1, 0.15) is 25.7 Å². The highest BCUT2D eigenvalue weighted by molar-refractivity contribution is 14.2. The second-order valence-corrected chi connectivity index (χ2v) is 5.11. The van der Waals surface area contributed by atoms with E-state index in [1.165, 1.54) is 9.21 Å². The highest BCUT2D eigenvalue weighted by Crippen LogP contribution is 2.32. The molecule has 1 saturated carbocycles. The topological polar surface area (TPSA) is 49.7 Å². The number of hydrogen-bond acceptors (Lipinski definition) is 4. The Morgan fingerprint density at radius 3 is 2.54 bits per heavy atom. The molecule has 5 heteroatoms. The van der Waals surface area contributed by atoms with Crippen molar-refractivity contribution in [3.63, 3.8) is 0 Å². The third-order valence-electron chi connectivity index (χ3n) is 2.68. The van der Waals surface area contributed by atoms with Gasteiger partial charge in [-0.1, -0.05) is 0 Å². The second kappa shape index (κ2) is 5.75.